The van der Waals surface area contributed by atoms with Gasteiger partial charge in [0, 0.05) is 6.04 Å². The molecule has 0 heterocycles. The number of rotatable bonds is 5. The summed E-state index contributed by atoms with van der Waals surface area (Å²) in [5.41, 5.74) is -0.410. The minimum Gasteiger partial charge on any atom is -0.444 e. The number of alkyl carbamates (subject to hydrolysis) is 1. The summed E-state index contributed by atoms with van der Waals surface area (Å²) in [5.74, 6) is 0. The van der Waals surface area contributed by atoms with E-state index in [0.717, 1.165) is 25.7 Å². The van der Waals surface area contributed by atoms with E-state index in [1.807, 2.05) is 20.8 Å². The zero-order valence-electron chi connectivity index (χ0n) is 10.7. The smallest absolute Gasteiger partial charge is 0.407 e. The summed E-state index contributed by atoms with van der Waals surface area (Å²) in [6, 6.07) is 0.259. The number of carbonyl (C=O) groups is 1. The lowest BCUT2D eigenvalue weighted by Crippen LogP contribution is -2.39. The van der Waals surface area contributed by atoms with E-state index in [4.69, 9.17) is 4.74 Å². The third-order valence-corrected chi connectivity index (χ3v) is 2.00. The number of hydrogen-bond acceptors (Lipinski definition) is 2. The van der Waals surface area contributed by atoms with E-state index in [9.17, 15) is 4.79 Å². The molecule has 90 valence electrons. The van der Waals surface area contributed by atoms with Crippen LogP contribution >= 0.6 is 0 Å². The molecule has 0 saturated heterocycles. The van der Waals surface area contributed by atoms with Crippen molar-refractivity contribution >= 4 is 6.09 Å². The highest BCUT2D eigenvalue weighted by atomic mass is 16.6. The third-order valence-electron chi connectivity index (χ3n) is 2.00. The van der Waals surface area contributed by atoms with Crippen molar-refractivity contribution in [3.05, 3.63) is 0 Å². The third kappa shape index (κ3) is 8.28. The molecule has 0 bridgehead atoms. The van der Waals surface area contributed by atoms with Crippen LogP contribution in [0.15, 0.2) is 0 Å². The van der Waals surface area contributed by atoms with E-state index in [0.29, 0.717) is 0 Å². The van der Waals surface area contributed by atoms with Crippen molar-refractivity contribution in [3.8, 4) is 0 Å². The quantitative estimate of drug-likeness (QED) is 0.762. The number of amides is 1. The van der Waals surface area contributed by atoms with E-state index >= 15 is 0 Å². The van der Waals surface area contributed by atoms with Crippen molar-refractivity contribution in [2.45, 2.75) is 71.9 Å². The molecule has 0 aromatic rings. The molecule has 0 radical (unpaired) electrons. The second-order valence-corrected chi connectivity index (χ2v) is 4.92. The van der Waals surface area contributed by atoms with Crippen molar-refractivity contribution in [1.29, 1.82) is 0 Å². The topological polar surface area (TPSA) is 38.3 Å². The Bertz CT molecular complexity index is 179. The molecule has 0 unspecified atom stereocenters. The Balaban J connectivity index is 3.99. The summed E-state index contributed by atoms with van der Waals surface area (Å²) in [7, 11) is 0. The highest BCUT2D eigenvalue weighted by Crippen LogP contribution is 2.09. The van der Waals surface area contributed by atoms with Gasteiger partial charge in [0.1, 0.15) is 5.60 Å². The lowest BCUT2D eigenvalue weighted by Gasteiger charge is -2.23. The minimum atomic E-state index is -0.410. The van der Waals surface area contributed by atoms with Crippen LogP contribution in [-0.4, -0.2) is 17.7 Å². The molecule has 0 rings (SSSR count). The standard InChI is InChI=1S/C12H25NO2/c1-6-8-10(9-7-2)13-11(14)15-12(3,4)5/h10H,6-9H2,1-5H3,(H,13,14). The van der Waals surface area contributed by atoms with Crippen LogP contribution in [0.3, 0.4) is 0 Å². The van der Waals surface area contributed by atoms with Crippen molar-refractivity contribution in [1.82, 2.24) is 5.32 Å². The number of ether oxygens (including phenoxy) is 1. The Kier molecular flexibility index (Phi) is 6.37. The van der Waals surface area contributed by atoms with Gasteiger partial charge in [-0.05, 0) is 33.6 Å². The first-order valence-electron chi connectivity index (χ1n) is 5.88. The molecule has 0 spiro atoms. The van der Waals surface area contributed by atoms with Gasteiger partial charge in [-0.2, -0.15) is 0 Å². The summed E-state index contributed by atoms with van der Waals surface area (Å²) >= 11 is 0. The van der Waals surface area contributed by atoms with Crippen LogP contribution < -0.4 is 5.32 Å². The lowest BCUT2D eigenvalue weighted by molar-refractivity contribution is 0.0499. The molecule has 15 heavy (non-hydrogen) atoms. The fraction of sp³-hybridized carbons (Fsp3) is 0.917. The Morgan fingerprint density at radius 3 is 2.00 bits per heavy atom. The van der Waals surface area contributed by atoms with E-state index in [1.165, 1.54) is 0 Å². The van der Waals surface area contributed by atoms with Crippen LogP contribution in [0.2, 0.25) is 0 Å². The monoisotopic (exact) mass is 215 g/mol. The van der Waals surface area contributed by atoms with Gasteiger partial charge in [0.15, 0.2) is 0 Å². The van der Waals surface area contributed by atoms with Crippen LogP contribution in [0.5, 0.6) is 0 Å². The van der Waals surface area contributed by atoms with Gasteiger partial charge < -0.3 is 10.1 Å². The minimum absolute atomic E-state index is 0.259. The molecule has 1 amide bonds. The molecule has 0 aliphatic rings. The number of hydrogen-bond donors (Lipinski definition) is 1. The average Bonchev–Trinajstić information content (AvgIpc) is 2.00. The van der Waals surface area contributed by atoms with Crippen LogP contribution in [-0.2, 0) is 4.74 Å². The fourth-order valence-corrected chi connectivity index (χ4v) is 1.46. The Hall–Kier alpha value is -0.730. The van der Waals surface area contributed by atoms with Gasteiger partial charge in [0.05, 0.1) is 0 Å². The first-order chi connectivity index (χ1) is 6.89. The van der Waals surface area contributed by atoms with E-state index in [2.05, 4.69) is 19.2 Å². The Labute approximate surface area is 93.6 Å². The maximum Gasteiger partial charge on any atom is 0.407 e. The Morgan fingerprint density at radius 2 is 1.67 bits per heavy atom. The van der Waals surface area contributed by atoms with Gasteiger partial charge >= 0.3 is 6.09 Å². The van der Waals surface area contributed by atoms with E-state index in [1.54, 1.807) is 0 Å². The summed E-state index contributed by atoms with van der Waals surface area (Å²) in [4.78, 5) is 11.5. The van der Waals surface area contributed by atoms with Crippen molar-refractivity contribution in [3.63, 3.8) is 0 Å². The normalized spacial score (nSPS) is 11.6. The van der Waals surface area contributed by atoms with Gasteiger partial charge in [0.25, 0.3) is 0 Å². The molecule has 0 fully saturated rings. The largest absolute Gasteiger partial charge is 0.444 e. The first-order valence-corrected chi connectivity index (χ1v) is 5.88. The SMILES string of the molecule is CCCC(CCC)NC(=O)OC(C)(C)C. The number of nitrogens with one attached hydrogen (secondary N) is 1. The molecule has 3 heteroatoms. The molecule has 0 atom stereocenters. The van der Waals surface area contributed by atoms with E-state index in [-0.39, 0.29) is 12.1 Å². The molecule has 0 aromatic carbocycles. The predicted molar refractivity (Wildman–Crippen MR) is 63.0 cm³/mol. The molecule has 0 aromatic heterocycles. The molecule has 0 saturated carbocycles. The van der Waals surface area contributed by atoms with E-state index < -0.39 is 5.60 Å². The van der Waals surface area contributed by atoms with Crippen molar-refractivity contribution < 1.29 is 9.53 Å². The van der Waals surface area contributed by atoms with Crippen LogP contribution in [0.1, 0.15) is 60.3 Å². The van der Waals surface area contributed by atoms with Gasteiger partial charge in [-0.15, -0.1) is 0 Å². The fourth-order valence-electron chi connectivity index (χ4n) is 1.46. The molecular formula is C12H25NO2. The zero-order chi connectivity index (χ0) is 11.9. The highest BCUT2D eigenvalue weighted by molar-refractivity contribution is 5.68. The summed E-state index contributed by atoms with van der Waals surface area (Å²) in [6.45, 7) is 9.88. The highest BCUT2D eigenvalue weighted by Gasteiger charge is 2.18. The summed E-state index contributed by atoms with van der Waals surface area (Å²) < 4.78 is 5.21. The molecule has 0 aliphatic carbocycles. The van der Waals surface area contributed by atoms with Crippen molar-refractivity contribution in [2.75, 3.05) is 0 Å². The van der Waals surface area contributed by atoms with Gasteiger partial charge in [-0.1, -0.05) is 26.7 Å². The average molecular weight is 215 g/mol. The second-order valence-electron chi connectivity index (χ2n) is 4.92. The van der Waals surface area contributed by atoms with Crippen LogP contribution in [0.4, 0.5) is 4.79 Å². The van der Waals surface area contributed by atoms with Gasteiger partial charge in [-0.3, -0.25) is 0 Å². The Morgan fingerprint density at radius 1 is 1.20 bits per heavy atom. The molecule has 1 N–H and O–H groups in total. The summed E-state index contributed by atoms with van der Waals surface area (Å²) in [5, 5.41) is 2.91. The predicted octanol–water partition coefficient (Wildman–Crippen LogP) is 3.48. The maximum atomic E-state index is 11.5. The van der Waals surface area contributed by atoms with Crippen molar-refractivity contribution in [2.24, 2.45) is 0 Å². The summed E-state index contributed by atoms with van der Waals surface area (Å²) in [6.07, 6.45) is 3.91. The maximum absolute atomic E-state index is 11.5. The zero-order valence-corrected chi connectivity index (χ0v) is 10.7. The van der Waals surface area contributed by atoms with Gasteiger partial charge in [-0.25, -0.2) is 4.79 Å². The number of carbonyl (C=O) groups excluding carboxylic acids is 1. The van der Waals surface area contributed by atoms with Crippen LogP contribution in [0.25, 0.3) is 0 Å². The van der Waals surface area contributed by atoms with Crippen LogP contribution in [0, 0.1) is 0 Å². The molecule has 3 nitrogen and oxygen atoms in total. The first kappa shape index (κ1) is 14.3. The molecular weight excluding hydrogens is 190 g/mol. The lowest BCUT2D eigenvalue weighted by atomic mass is 10.1. The second kappa shape index (κ2) is 6.70. The van der Waals surface area contributed by atoms with Gasteiger partial charge in [0.2, 0.25) is 0 Å². The molecule has 0 aliphatic heterocycles.